The number of anilines is 1. The number of aromatic hydroxyl groups is 1. The van der Waals surface area contributed by atoms with E-state index in [1.807, 2.05) is 50.8 Å². The summed E-state index contributed by atoms with van der Waals surface area (Å²) in [5, 5.41) is 14.0. The van der Waals surface area contributed by atoms with Crippen LogP contribution in [0.2, 0.25) is 0 Å². The molecule has 5 rings (SSSR count). The van der Waals surface area contributed by atoms with Crippen molar-refractivity contribution in [3.05, 3.63) is 75.7 Å². The number of piperazine rings is 1. The highest BCUT2D eigenvalue weighted by atomic mass is 19.1. The van der Waals surface area contributed by atoms with Gasteiger partial charge in [0.05, 0.1) is 16.6 Å². The highest BCUT2D eigenvalue weighted by Crippen LogP contribution is 2.36. The van der Waals surface area contributed by atoms with Gasteiger partial charge in [-0.3, -0.25) is 0 Å². The van der Waals surface area contributed by atoms with Crippen molar-refractivity contribution in [2.45, 2.75) is 39.7 Å². The molecule has 0 spiro atoms. The first kappa shape index (κ1) is 24.8. The minimum absolute atomic E-state index is 0.00253. The van der Waals surface area contributed by atoms with E-state index in [0.29, 0.717) is 36.5 Å². The monoisotopic (exact) mass is 505 g/mol. The van der Waals surface area contributed by atoms with Crippen molar-refractivity contribution in [3.63, 3.8) is 0 Å². The van der Waals surface area contributed by atoms with Crippen LogP contribution >= 0.6 is 0 Å². The Morgan fingerprint density at radius 3 is 2.57 bits per heavy atom. The fourth-order valence-electron chi connectivity index (χ4n) is 5.06. The van der Waals surface area contributed by atoms with Gasteiger partial charge in [0.2, 0.25) is 0 Å². The SMILES string of the molecule is Cc1cccc(C(C)C)c1-n1c(=O)nc(N2CCNC[C@@H]2C)c2cc(F)c(-c3c(O)cccc3F)nc21. The molecule has 2 aromatic heterocycles. The summed E-state index contributed by atoms with van der Waals surface area (Å²) in [5.41, 5.74) is 1.19. The number of hydrogen-bond donors (Lipinski definition) is 2. The molecule has 1 fully saturated rings. The number of aromatic nitrogens is 3. The molecule has 192 valence electrons. The van der Waals surface area contributed by atoms with Crippen molar-refractivity contribution in [2.75, 3.05) is 24.5 Å². The van der Waals surface area contributed by atoms with Crippen LogP contribution in [0.1, 0.15) is 37.8 Å². The summed E-state index contributed by atoms with van der Waals surface area (Å²) in [6.07, 6.45) is 0. The Hall–Kier alpha value is -3.85. The quantitative estimate of drug-likeness (QED) is 0.420. The number of rotatable bonds is 4. The molecule has 0 amide bonds. The predicted molar refractivity (Wildman–Crippen MR) is 141 cm³/mol. The summed E-state index contributed by atoms with van der Waals surface area (Å²) >= 11 is 0. The summed E-state index contributed by atoms with van der Waals surface area (Å²) in [6, 6.07) is 10.7. The zero-order valence-corrected chi connectivity index (χ0v) is 21.2. The second-order valence-electron chi connectivity index (χ2n) is 9.79. The van der Waals surface area contributed by atoms with Gasteiger partial charge in [-0.05, 0) is 49.1 Å². The number of phenolic OH excluding ortho intramolecular Hbond substituents is 1. The Labute approximate surface area is 213 Å². The molecule has 1 aliphatic rings. The molecule has 7 nitrogen and oxygen atoms in total. The lowest BCUT2D eigenvalue weighted by Crippen LogP contribution is -2.50. The standard InChI is InChI=1S/C28H29F2N5O2/c1-15(2)18-8-5-7-16(3)25(18)35-27-19(26(33-28(35)37)34-12-11-31-14-17(34)4)13-21(30)24(32-27)23-20(29)9-6-10-22(23)36/h5-10,13,15,17,31,36H,11-12,14H2,1-4H3/t17-/m0/s1. The van der Waals surface area contributed by atoms with E-state index in [-0.39, 0.29) is 28.9 Å². The van der Waals surface area contributed by atoms with E-state index in [1.165, 1.54) is 22.8 Å². The summed E-state index contributed by atoms with van der Waals surface area (Å²) in [4.78, 5) is 24.7. The first-order chi connectivity index (χ1) is 17.7. The molecule has 0 aliphatic carbocycles. The highest BCUT2D eigenvalue weighted by molar-refractivity contribution is 5.91. The van der Waals surface area contributed by atoms with E-state index in [2.05, 4.69) is 15.3 Å². The maximum Gasteiger partial charge on any atom is 0.355 e. The molecule has 9 heteroatoms. The fourth-order valence-corrected chi connectivity index (χ4v) is 5.06. The van der Waals surface area contributed by atoms with Crippen molar-refractivity contribution in [2.24, 2.45) is 0 Å². The predicted octanol–water partition coefficient (Wildman–Crippen LogP) is 4.66. The minimum atomic E-state index is -0.821. The van der Waals surface area contributed by atoms with Gasteiger partial charge in [-0.1, -0.05) is 38.1 Å². The lowest BCUT2D eigenvalue weighted by atomic mass is 9.98. The van der Waals surface area contributed by atoms with Gasteiger partial charge in [0.15, 0.2) is 11.5 Å². The van der Waals surface area contributed by atoms with Crippen LogP contribution in [0.25, 0.3) is 28.0 Å². The summed E-state index contributed by atoms with van der Waals surface area (Å²) in [5.74, 6) is -1.68. The number of benzene rings is 2. The van der Waals surface area contributed by atoms with Crippen molar-refractivity contribution < 1.29 is 13.9 Å². The molecule has 0 bridgehead atoms. The van der Waals surface area contributed by atoms with E-state index >= 15 is 4.39 Å². The van der Waals surface area contributed by atoms with E-state index in [4.69, 9.17) is 0 Å². The molecule has 1 aliphatic heterocycles. The third kappa shape index (κ3) is 4.23. The average Bonchev–Trinajstić information content (AvgIpc) is 2.85. The fraction of sp³-hybridized carbons (Fsp3) is 0.321. The van der Waals surface area contributed by atoms with Gasteiger partial charge in [0.25, 0.3) is 0 Å². The Kier molecular flexibility index (Phi) is 6.41. The molecule has 1 saturated heterocycles. The van der Waals surface area contributed by atoms with Crippen molar-refractivity contribution in [1.82, 2.24) is 19.9 Å². The van der Waals surface area contributed by atoms with Gasteiger partial charge < -0.3 is 15.3 Å². The molecule has 4 aromatic rings. The maximum absolute atomic E-state index is 15.6. The van der Waals surface area contributed by atoms with Crippen LogP contribution in [-0.2, 0) is 0 Å². The largest absolute Gasteiger partial charge is 0.507 e. The first-order valence-corrected chi connectivity index (χ1v) is 12.4. The van der Waals surface area contributed by atoms with Gasteiger partial charge in [-0.15, -0.1) is 0 Å². The van der Waals surface area contributed by atoms with Crippen LogP contribution in [0.4, 0.5) is 14.6 Å². The van der Waals surface area contributed by atoms with E-state index in [0.717, 1.165) is 17.2 Å². The van der Waals surface area contributed by atoms with E-state index < -0.39 is 23.1 Å². The first-order valence-electron chi connectivity index (χ1n) is 12.4. The third-order valence-corrected chi connectivity index (χ3v) is 6.92. The Morgan fingerprint density at radius 2 is 1.86 bits per heavy atom. The molecular weight excluding hydrogens is 476 g/mol. The molecule has 0 radical (unpaired) electrons. The number of fused-ring (bicyclic) bond motifs is 1. The van der Waals surface area contributed by atoms with Gasteiger partial charge in [0.1, 0.15) is 23.1 Å². The number of nitrogens with zero attached hydrogens (tertiary/aromatic N) is 4. The van der Waals surface area contributed by atoms with Crippen LogP contribution in [-0.4, -0.2) is 45.3 Å². The smallest absolute Gasteiger partial charge is 0.355 e. The minimum Gasteiger partial charge on any atom is -0.507 e. The van der Waals surface area contributed by atoms with E-state index in [9.17, 15) is 14.3 Å². The van der Waals surface area contributed by atoms with Crippen molar-refractivity contribution >= 4 is 16.9 Å². The maximum atomic E-state index is 15.6. The molecule has 2 N–H and O–H groups in total. The van der Waals surface area contributed by atoms with Crippen molar-refractivity contribution in [3.8, 4) is 22.7 Å². The van der Waals surface area contributed by atoms with Crippen molar-refractivity contribution in [1.29, 1.82) is 0 Å². The van der Waals surface area contributed by atoms with Gasteiger partial charge >= 0.3 is 5.69 Å². The molecule has 3 heterocycles. The third-order valence-electron chi connectivity index (χ3n) is 6.92. The molecular formula is C28H29F2N5O2. The summed E-state index contributed by atoms with van der Waals surface area (Å²) in [7, 11) is 0. The lowest BCUT2D eigenvalue weighted by molar-refractivity contribution is 0.470. The Balaban J connectivity index is 1.92. The zero-order valence-electron chi connectivity index (χ0n) is 21.2. The molecule has 0 saturated carbocycles. The van der Waals surface area contributed by atoms with Gasteiger partial charge in [-0.25, -0.2) is 23.1 Å². The van der Waals surface area contributed by atoms with Gasteiger partial charge in [-0.2, -0.15) is 4.98 Å². The van der Waals surface area contributed by atoms with Crippen LogP contribution < -0.4 is 15.9 Å². The van der Waals surface area contributed by atoms with Crippen LogP contribution in [0.5, 0.6) is 5.75 Å². The summed E-state index contributed by atoms with van der Waals surface area (Å²) in [6.45, 7) is 9.86. The summed E-state index contributed by atoms with van der Waals surface area (Å²) < 4.78 is 31.8. The lowest BCUT2D eigenvalue weighted by Gasteiger charge is -2.35. The molecule has 0 unspecified atom stereocenters. The number of aryl methyl sites for hydroxylation is 1. The number of nitrogens with one attached hydrogen (secondary N) is 1. The molecule has 1 atom stereocenters. The Morgan fingerprint density at radius 1 is 1.11 bits per heavy atom. The highest BCUT2D eigenvalue weighted by Gasteiger charge is 2.28. The number of pyridine rings is 1. The van der Waals surface area contributed by atoms with Crippen LogP contribution in [0.15, 0.2) is 47.3 Å². The second kappa shape index (κ2) is 9.55. The Bertz CT molecular complexity index is 1550. The topological polar surface area (TPSA) is 83.3 Å². The average molecular weight is 506 g/mol. The van der Waals surface area contributed by atoms with Crippen LogP contribution in [0, 0.1) is 18.6 Å². The number of hydrogen-bond acceptors (Lipinski definition) is 6. The van der Waals surface area contributed by atoms with Gasteiger partial charge in [0, 0.05) is 25.7 Å². The second-order valence-corrected chi connectivity index (χ2v) is 9.79. The number of halogens is 2. The normalized spacial score (nSPS) is 16.1. The van der Waals surface area contributed by atoms with Crippen LogP contribution in [0.3, 0.4) is 0 Å². The molecule has 37 heavy (non-hydrogen) atoms. The molecule has 2 aromatic carbocycles. The number of phenols is 1. The zero-order chi connectivity index (χ0) is 26.4. The van der Waals surface area contributed by atoms with E-state index in [1.54, 1.807) is 0 Å². The number of para-hydroxylation sites is 1.